The van der Waals surface area contributed by atoms with Gasteiger partial charge in [0.15, 0.2) is 11.5 Å². The SMILES string of the molecule is Cc1ccc(F)c(Nc2nn(C)c3nc(Nc4ccncn4)ncc23)c1. The fraction of sp³-hybridized carbons (Fsp3) is 0.118. The molecule has 130 valence electrons. The highest BCUT2D eigenvalue weighted by molar-refractivity contribution is 5.89. The lowest BCUT2D eigenvalue weighted by molar-refractivity contribution is 0.631. The Bertz CT molecular complexity index is 1080. The molecule has 0 aliphatic heterocycles. The van der Waals surface area contributed by atoms with Gasteiger partial charge in [-0.1, -0.05) is 6.07 Å². The smallest absolute Gasteiger partial charge is 0.230 e. The maximum atomic E-state index is 14.0. The molecule has 0 fully saturated rings. The van der Waals surface area contributed by atoms with Gasteiger partial charge in [0.2, 0.25) is 5.95 Å². The molecule has 0 aliphatic rings. The molecule has 26 heavy (non-hydrogen) atoms. The van der Waals surface area contributed by atoms with Crippen LogP contribution in [0.25, 0.3) is 11.0 Å². The van der Waals surface area contributed by atoms with Gasteiger partial charge in [0.05, 0.1) is 11.1 Å². The third-order valence-electron chi connectivity index (χ3n) is 3.78. The van der Waals surface area contributed by atoms with E-state index >= 15 is 0 Å². The number of anilines is 4. The summed E-state index contributed by atoms with van der Waals surface area (Å²) >= 11 is 0. The van der Waals surface area contributed by atoms with Crippen molar-refractivity contribution < 1.29 is 4.39 Å². The summed E-state index contributed by atoms with van der Waals surface area (Å²) in [5.41, 5.74) is 1.90. The van der Waals surface area contributed by atoms with Gasteiger partial charge in [-0.3, -0.25) is 0 Å². The summed E-state index contributed by atoms with van der Waals surface area (Å²) in [6.45, 7) is 1.90. The van der Waals surface area contributed by atoms with Gasteiger partial charge in [-0.15, -0.1) is 0 Å². The third kappa shape index (κ3) is 3.02. The van der Waals surface area contributed by atoms with Gasteiger partial charge in [-0.2, -0.15) is 10.1 Å². The third-order valence-corrected chi connectivity index (χ3v) is 3.78. The quantitative estimate of drug-likeness (QED) is 0.584. The number of nitrogens with one attached hydrogen (secondary N) is 2. The standard InChI is InChI=1S/C17H15FN8/c1-10-3-4-12(18)13(7-10)22-15-11-8-20-17(24-16(11)26(2)25-15)23-14-5-6-19-9-21-14/h3-9H,1-2H3,(H,22,25)(H,19,20,21,23,24). The van der Waals surface area contributed by atoms with Crippen molar-refractivity contribution in [3.8, 4) is 0 Å². The van der Waals surface area contributed by atoms with Crippen molar-refractivity contribution in [2.75, 3.05) is 10.6 Å². The van der Waals surface area contributed by atoms with E-state index in [9.17, 15) is 4.39 Å². The van der Waals surface area contributed by atoms with E-state index in [1.165, 1.54) is 12.4 Å². The van der Waals surface area contributed by atoms with Crippen molar-refractivity contribution in [1.29, 1.82) is 0 Å². The van der Waals surface area contributed by atoms with Crippen LogP contribution in [0.3, 0.4) is 0 Å². The fourth-order valence-corrected chi connectivity index (χ4v) is 2.53. The number of fused-ring (bicyclic) bond motifs is 1. The molecule has 0 bridgehead atoms. The Hall–Kier alpha value is -3.62. The lowest BCUT2D eigenvalue weighted by atomic mass is 10.2. The van der Waals surface area contributed by atoms with Crippen molar-refractivity contribution in [3.05, 3.63) is 54.4 Å². The van der Waals surface area contributed by atoms with Crippen LogP contribution in [0, 0.1) is 12.7 Å². The van der Waals surface area contributed by atoms with Crippen LogP contribution in [0.4, 0.5) is 27.7 Å². The average Bonchev–Trinajstić information content (AvgIpc) is 2.94. The second-order valence-electron chi connectivity index (χ2n) is 5.73. The first-order valence-electron chi connectivity index (χ1n) is 7.86. The molecule has 9 heteroatoms. The molecular formula is C17H15FN8. The lowest BCUT2D eigenvalue weighted by Gasteiger charge is -2.06. The molecule has 0 spiro atoms. The molecule has 4 rings (SSSR count). The number of rotatable bonds is 4. The predicted molar refractivity (Wildman–Crippen MR) is 96.0 cm³/mol. The van der Waals surface area contributed by atoms with E-state index in [0.717, 1.165) is 5.56 Å². The maximum Gasteiger partial charge on any atom is 0.230 e. The summed E-state index contributed by atoms with van der Waals surface area (Å²) in [6, 6.07) is 6.57. The normalized spacial score (nSPS) is 10.9. The molecule has 0 saturated carbocycles. The molecule has 3 heterocycles. The summed E-state index contributed by atoms with van der Waals surface area (Å²) in [6.07, 6.45) is 4.69. The van der Waals surface area contributed by atoms with E-state index in [1.54, 1.807) is 42.3 Å². The Labute approximate surface area is 148 Å². The summed E-state index contributed by atoms with van der Waals surface area (Å²) in [5.74, 6) is 1.10. The van der Waals surface area contributed by atoms with Crippen LogP contribution in [0.2, 0.25) is 0 Å². The molecule has 2 N–H and O–H groups in total. The predicted octanol–water partition coefficient (Wildman–Crippen LogP) is 3.09. The molecule has 0 radical (unpaired) electrons. The van der Waals surface area contributed by atoms with Gasteiger partial charge < -0.3 is 10.6 Å². The van der Waals surface area contributed by atoms with Gasteiger partial charge in [0, 0.05) is 19.4 Å². The van der Waals surface area contributed by atoms with Gasteiger partial charge in [0.25, 0.3) is 0 Å². The Kier molecular flexibility index (Phi) is 3.88. The minimum atomic E-state index is -0.350. The van der Waals surface area contributed by atoms with E-state index < -0.39 is 0 Å². The number of benzene rings is 1. The number of hydrogen-bond donors (Lipinski definition) is 2. The van der Waals surface area contributed by atoms with E-state index in [4.69, 9.17) is 0 Å². The highest BCUT2D eigenvalue weighted by Crippen LogP contribution is 2.26. The molecule has 4 aromatic rings. The minimum absolute atomic E-state index is 0.350. The lowest BCUT2D eigenvalue weighted by Crippen LogP contribution is -2.00. The molecule has 0 saturated heterocycles. The first kappa shape index (κ1) is 15.9. The summed E-state index contributed by atoms with van der Waals surface area (Å²) in [4.78, 5) is 16.7. The van der Waals surface area contributed by atoms with Crippen LogP contribution in [-0.2, 0) is 7.05 Å². The Balaban J connectivity index is 1.68. The van der Waals surface area contributed by atoms with Gasteiger partial charge >= 0.3 is 0 Å². The highest BCUT2D eigenvalue weighted by Gasteiger charge is 2.14. The Morgan fingerprint density at radius 1 is 1.12 bits per heavy atom. The summed E-state index contributed by atoms with van der Waals surface area (Å²) in [7, 11) is 1.77. The first-order valence-corrected chi connectivity index (χ1v) is 7.86. The molecule has 0 unspecified atom stereocenters. The van der Waals surface area contributed by atoms with E-state index in [1.807, 2.05) is 6.92 Å². The van der Waals surface area contributed by atoms with E-state index in [0.29, 0.717) is 34.3 Å². The van der Waals surface area contributed by atoms with Crippen LogP contribution in [0.1, 0.15) is 5.56 Å². The second kappa shape index (κ2) is 6.36. The Morgan fingerprint density at radius 2 is 2.00 bits per heavy atom. The van der Waals surface area contributed by atoms with Crippen LogP contribution < -0.4 is 10.6 Å². The van der Waals surface area contributed by atoms with E-state index in [-0.39, 0.29) is 5.82 Å². The molecule has 0 aliphatic carbocycles. The van der Waals surface area contributed by atoms with Crippen molar-refractivity contribution in [1.82, 2.24) is 29.7 Å². The van der Waals surface area contributed by atoms with Crippen LogP contribution in [0.5, 0.6) is 0 Å². The second-order valence-corrected chi connectivity index (χ2v) is 5.73. The van der Waals surface area contributed by atoms with Crippen LogP contribution in [-0.4, -0.2) is 29.7 Å². The van der Waals surface area contributed by atoms with Gasteiger partial charge in [-0.25, -0.2) is 24.0 Å². The molecule has 8 nitrogen and oxygen atoms in total. The van der Waals surface area contributed by atoms with Crippen LogP contribution >= 0.6 is 0 Å². The molecule has 1 aromatic carbocycles. The number of aryl methyl sites for hydroxylation is 2. The number of halogens is 1. The van der Waals surface area contributed by atoms with Crippen LogP contribution in [0.15, 0.2) is 43.0 Å². The summed E-state index contributed by atoms with van der Waals surface area (Å²) in [5, 5.41) is 11.1. The molecule has 0 amide bonds. The Morgan fingerprint density at radius 3 is 2.81 bits per heavy atom. The molecular weight excluding hydrogens is 335 g/mol. The summed E-state index contributed by atoms with van der Waals surface area (Å²) < 4.78 is 15.6. The zero-order valence-corrected chi connectivity index (χ0v) is 14.1. The van der Waals surface area contributed by atoms with Crippen molar-refractivity contribution in [3.63, 3.8) is 0 Å². The number of aromatic nitrogens is 6. The fourth-order valence-electron chi connectivity index (χ4n) is 2.53. The van der Waals surface area contributed by atoms with Crippen molar-refractivity contribution in [2.45, 2.75) is 6.92 Å². The van der Waals surface area contributed by atoms with Crippen molar-refractivity contribution in [2.24, 2.45) is 7.05 Å². The average molecular weight is 350 g/mol. The highest BCUT2D eigenvalue weighted by atomic mass is 19.1. The van der Waals surface area contributed by atoms with Gasteiger partial charge in [0.1, 0.15) is 18.0 Å². The minimum Gasteiger partial charge on any atom is -0.336 e. The number of nitrogens with zero attached hydrogens (tertiary/aromatic N) is 6. The topological polar surface area (TPSA) is 93.4 Å². The number of hydrogen-bond acceptors (Lipinski definition) is 7. The monoisotopic (exact) mass is 350 g/mol. The van der Waals surface area contributed by atoms with E-state index in [2.05, 4.69) is 35.7 Å². The zero-order chi connectivity index (χ0) is 18.1. The maximum absolute atomic E-state index is 14.0. The van der Waals surface area contributed by atoms with Gasteiger partial charge in [-0.05, 0) is 30.7 Å². The first-order chi connectivity index (χ1) is 12.6. The largest absolute Gasteiger partial charge is 0.336 e. The molecule has 0 atom stereocenters. The zero-order valence-electron chi connectivity index (χ0n) is 14.1. The van der Waals surface area contributed by atoms with Crippen molar-refractivity contribution >= 4 is 34.3 Å². The molecule has 3 aromatic heterocycles.